The number of carbonyl (C=O) groups is 4. The number of thiazole rings is 1. The number of phenolic OH excluding ortho intramolecular Hbond substituents is 1. The Morgan fingerprint density at radius 3 is 2.40 bits per heavy atom. The molecule has 278 valence electrons. The SMILES string of the molecule is NC(=O)CCOCCOCCC(=O)N1CCN(C2CCN(c3ccc4c(c3)C(=O)N(C(C(=O)Nc3nccs3)c3cc(F)ccc3O)C4)CC2)CC1. The van der Waals surface area contributed by atoms with Gasteiger partial charge in [-0.1, -0.05) is 6.07 Å². The predicted molar refractivity (Wildman–Crippen MR) is 191 cm³/mol. The molecule has 4 amide bonds. The van der Waals surface area contributed by atoms with Gasteiger partial charge >= 0.3 is 0 Å². The second kappa shape index (κ2) is 17.3. The molecule has 0 aliphatic carbocycles. The minimum atomic E-state index is -1.28. The number of ether oxygens (including phenoxy) is 2. The molecule has 6 rings (SSSR count). The summed E-state index contributed by atoms with van der Waals surface area (Å²) in [6.07, 6.45) is 3.91. The molecule has 0 bridgehead atoms. The summed E-state index contributed by atoms with van der Waals surface area (Å²) < 4.78 is 25.1. The smallest absolute Gasteiger partial charge is 0.255 e. The number of carbonyl (C=O) groups excluding carboxylic acids is 4. The summed E-state index contributed by atoms with van der Waals surface area (Å²) in [7, 11) is 0. The first kappa shape index (κ1) is 37.1. The third-order valence-corrected chi connectivity index (χ3v) is 10.5. The zero-order chi connectivity index (χ0) is 36.6. The normalized spacial score (nSPS) is 17.3. The summed E-state index contributed by atoms with van der Waals surface area (Å²) in [4.78, 5) is 63.0. The summed E-state index contributed by atoms with van der Waals surface area (Å²) in [5, 5.41) is 15.4. The summed E-state index contributed by atoms with van der Waals surface area (Å²) >= 11 is 1.21. The van der Waals surface area contributed by atoms with Gasteiger partial charge < -0.3 is 35.0 Å². The number of benzene rings is 2. The quantitative estimate of drug-likeness (QED) is 0.197. The number of hydrogen-bond acceptors (Lipinski definition) is 11. The molecule has 3 aromatic rings. The number of halogens is 1. The Balaban J connectivity index is 0.991. The maximum atomic E-state index is 14.4. The van der Waals surface area contributed by atoms with Crippen LogP contribution in [0.2, 0.25) is 0 Å². The molecular formula is C36H44FN7O7S. The van der Waals surface area contributed by atoms with Crippen LogP contribution < -0.4 is 16.0 Å². The number of aromatic hydroxyl groups is 1. The molecule has 0 saturated carbocycles. The topological polar surface area (TPSA) is 171 Å². The number of phenols is 1. The number of nitrogens with two attached hydrogens (primary N) is 1. The number of primary amides is 1. The van der Waals surface area contributed by atoms with E-state index in [9.17, 15) is 28.7 Å². The Morgan fingerprint density at radius 2 is 1.71 bits per heavy atom. The lowest BCUT2D eigenvalue weighted by Crippen LogP contribution is -2.54. The Morgan fingerprint density at radius 1 is 0.981 bits per heavy atom. The Bertz CT molecular complexity index is 1730. The first-order chi connectivity index (χ1) is 25.2. The van der Waals surface area contributed by atoms with Crippen molar-refractivity contribution in [2.45, 2.75) is 44.3 Å². The first-order valence-corrected chi connectivity index (χ1v) is 18.4. The summed E-state index contributed by atoms with van der Waals surface area (Å²) in [6, 6.07) is 8.23. The van der Waals surface area contributed by atoms with E-state index in [2.05, 4.69) is 20.1 Å². The number of nitrogens with one attached hydrogen (secondary N) is 1. The highest BCUT2D eigenvalue weighted by molar-refractivity contribution is 7.13. The Hall–Kier alpha value is -4.64. The van der Waals surface area contributed by atoms with Crippen molar-refractivity contribution in [3.05, 3.63) is 70.5 Å². The van der Waals surface area contributed by atoms with Crippen LogP contribution in [-0.4, -0.2) is 120 Å². The standard InChI is InChI=1S/C36H44FN7O7S/c37-25-2-4-30(45)29(21-25)33(34(48)40-36-39-9-20-52-36)44-23-24-1-3-27(22-28(24)35(44)49)41-10-5-26(6-11-41)42-12-14-43(15-13-42)32(47)8-17-51-19-18-50-16-7-31(38)46/h1-4,9,20-22,26,33,45H,5-8,10-19,23H2,(H2,38,46)(H,39,40,48). The van der Waals surface area contributed by atoms with Gasteiger partial charge in [0, 0.05) is 86.7 Å². The number of fused-ring (bicyclic) bond motifs is 1. The third-order valence-electron chi connectivity index (χ3n) is 9.77. The van der Waals surface area contributed by atoms with Crippen molar-refractivity contribution < 1.29 is 38.1 Å². The van der Waals surface area contributed by atoms with Gasteiger partial charge in [-0.15, -0.1) is 11.3 Å². The maximum absolute atomic E-state index is 14.4. The van der Waals surface area contributed by atoms with Gasteiger partial charge in [-0.3, -0.25) is 29.4 Å². The highest BCUT2D eigenvalue weighted by Crippen LogP contribution is 2.38. The second-order valence-electron chi connectivity index (χ2n) is 13.0. The van der Waals surface area contributed by atoms with Crippen LogP contribution in [0.5, 0.6) is 5.75 Å². The molecule has 0 spiro atoms. The molecule has 16 heteroatoms. The minimum Gasteiger partial charge on any atom is -0.508 e. The molecule has 2 saturated heterocycles. The number of nitrogens with zero attached hydrogens (tertiary/aromatic N) is 5. The van der Waals surface area contributed by atoms with Crippen LogP contribution >= 0.6 is 11.3 Å². The van der Waals surface area contributed by atoms with Gasteiger partial charge in [-0.2, -0.15) is 0 Å². The molecule has 1 atom stereocenters. The van der Waals surface area contributed by atoms with Gasteiger partial charge in [-0.25, -0.2) is 9.37 Å². The molecule has 4 heterocycles. The minimum absolute atomic E-state index is 0.00578. The zero-order valence-electron chi connectivity index (χ0n) is 28.9. The molecular weight excluding hydrogens is 694 g/mol. The fourth-order valence-electron chi connectivity index (χ4n) is 7.01. The molecule has 2 aromatic carbocycles. The lowest BCUT2D eigenvalue weighted by atomic mass is 10.0. The van der Waals surface area contributed by atoms with Crippen molar-refractivity contribution in [1.29, 1.82) is 0 Å². The summed E-state index contributed by atoms with van der Waals surface area (Å²) in [5.74, 6) is -2.23. The van der Waals surface area contributed by atoms with Gasteiger partial charge in [0.1, 0.15) is 17.6 Å². The van der Waals surface area contributed by atoms with Crippen molar-refractivity contribution in [2.24, 2.45) is 5.73 Å². The monoisotopic (exact) mass is 737 g/mol. The predicted octanol–water partition coefficient (Wildman–Crippen LogP) is 2.74. The van der Waals surface area contributed by atoms with Crippen LogP contribution in [0.15, 0.2) is 48.0 Å². The van der Waals surface area contributed by atoms with Gasteiger partial charge in [0.25, 0.3) is 11.8 Å². The van der Waals surface area contributed by atoms with E-state index >= 15 is 0 Å². The molecule has 3 aliphatic rings. The lowest BCUT2D eigenvalue weighted by molar-refractivity contribution is -0.134. The fourth-order valence-corrected chi connectivity index (χ4v) is 7.54. The Kier molecular flexibility index (Phi) is 12.3. The van der Waals surface area contributed by atoms with E-state index in [1.165, 1.54) is 28.5 Å². The van der Waals surface area contributed by atoms with Crippen molar-refractivity contribution in [2.75, 3.05) is 75.9 Å². The van der Waals surface area contributed by atoms with E-state index in [4.69, 9.17) is 15.2 Å². The average molecular weight is 738 g/mol. The molecule has 1 unspecified atom stereocenters. The van der Waals surface area contributed by atoms with Gasteiger partial charge in [0.2, 0.25) is 11.8 Å². The fraction of sp³-hybridized carbons (Fsp3) is 0.472. The van der Waals surface area contributed by atoms with E-state index in [0.717, 1.165) is 62.4 Å². The molecule has 52 heavy (non-hydrogen) atoms. The number of amides is 4. The molecule has 1 aromatic heterocycles. The van der Waals surface area contributed by atoms with E-state index in [-0.39, 0.29) is 42.7 Å². The van der Waals surface area contributed by atoms with Crippen molar-refractivity contribution in [1.82, 2.24) is 19.7 Å². The average Bonchev–Trinajstić information content (AvgIpc) is 3.78. The van der Waals surface area contributed by atoms with Crippen LogP contribution in [0.25, 0.3) is 0 Å². The van der Waals surface area contributed by atoms with Crippen LogP contribution in [0.3, 0.4) is 0 Å². The largest absolute Gasteiger partial charge is 0.508 e. The Labute approximate surface area is 305 Å². The number of piperidine rings is 1. The molecule has 14 nitrogen and oxygen atoms in total. The summed E-state index contributed by atoms with van der Waals surface area (Å²) in [5.41, 5.74) is 7.21. The number of hydrogen-bond donors (Lipinski definition) is 3. The number of anilines is 2. The van der Waals surface area contributed by atoms with Crippen molar-refractivity contribution in [3.8, 4) is 5.75 Å². The molecule has 3 aliphatic heterocycles. The van der Waals surface area contributed by atoms with E-state index in [0.29, 0.717) is 56.1 Å². The number of aromatic nitrogens is 1. The number of rotatable bonds is 15. The van der Waals surface area contributed by atoms with Crippen molar-refractivity contribution in [3.63, 3.8) is 0 Å². The summed E-state index contributed by atoms with van der Waals surface area (Å²) in [6.45, 7) is 6.00. The van der Waals surface area contributed by atoms with Crippen LogP contribution in [0, 0.1) is 5.82 Å². The first-order valence-electron chi connectivity index (χ1n) is 17.5. The third kappa shape index (κ3) is 9.04. The molecule has 0 radical (unpaired) electrons. The van der Waals surface area contributed by atoms with Crippen LogP contribution in [-0.2, 0) is 30.4 Å². The van der Waals surface area contributed by atoms with E-state index in [1.54, 1.807) is 5.38 Å². The zero-order valence-corrected chi connectivity index (χ0v) is 29.7. The van der Waals surface area contributed by atoms with E-state index in [1.807, 2.05) is 23.1 Å². The highest BCUT2D eigenvalue weighted by Gasteiger charge is 2.40. The van der Waals surface area contributed by atoms with Gasteiger partial charge in [-0.05, 0) is 48.7 Å². The van der Waals surface area contributed by atoms with E-state index < -0.39 is 23.7 Å². The second-order valence-corrected chi connectivity index (χ2v) is 13.9. The number of piperazine rings is 1. The molecule has 4 N–H and O–H groups in total. The highest BCUT2D eigenvalue weighted by atomic mass is 32.1. The van der Waals surface area contributed by atoms with Crippen LogP contribution in [0.1, 0.15) is 53.2 Å². The lowest BCUT2D eigenvalue weighted by Gasteiger charge is -2.43. The van der Waals surface area contributed by atoms with Gasteiger partial charge in [0.15, 0.2) is 5.13 Å². The maximum Gasteiger partial charge on any atom is 0.255 e. The molecule has 2 fully saturated rings. The van der Waals surface area contributed by atoms with Crippen LogP contribution in [0.4, 0.5) is 15.2 Å². The van der Waals surface area contributed by atoms with Gasteiger partial charge in [0.05, 0.1) is 32.8 Å². The van der Waals surface area contributed by atoms with Crippen molar-refractivity contribution >= 4 is 45.8 Å².